The monoisotopic (exact) mass is 326 g/mol. The number of hydrogen-bond donors (Lipinski definition) is 0. The van der Waals surface area contributed by atoms with Gasteiger partial charge in [0.15, 0.2) is 5.78 Å². The molecule has 0 saturated heterocycles. The van der Waals surface area contributed by atoms with Gasteiger partial charge in [-0.2, -0.15) is 0 Å². The fraction of sp³-hybridized carbons (Fsp3) is 0.250. The van der Waals surface area contributed by atoms with Crippen molar-refractivity contribution in [1.29, 1.82) is 0 Å². The Kier molecular flexibility index (Phi) is 4.08. The lowest BCUT2D eigenvalue weighted by Crippen LogP contribution is -2.24. The first-order chi connectivity index (χ1) is 8.61. The van der Waals surface area contributed by atoms with E-state index in [1.54, 1.807) is 0 Å². The fourth-order valence-electron chi connectivity index (χ4n) is 1.49. The highest BCUT2D eigenvalue weighted by molar-refractivity contribution is 9.10. The molecule has 18 heavy (non-hydrogen) atoms. The van der Waals surface area contributed by atoms with E-state index in [0.29, 0.717) is 9.35 Å². The number of aryl methyl sites for hydroxylation is 1. The van der Waals surface area contributed by atoms with E-state index in [9.17, 15) is 9.59 Å². The maximum Gasteiger partial charge on any atom is 0.268 e. The van der Waals surface area contributed by atoms with Gasteiger partial charge in [-0.25, -0.2) is 4.98 Å². The van der Waals surface area contributed by atoms with Gasteiger partial charge < -0.3 is 0 Å². The number of hydrogen-bond acceptors (Lipinski definition) is 4. The van der Waals surface area contributed by atoms with Crippen molar-refractivity contribution in [3.8, 4) is 0 Å². The lowest BCUT2D eigenvalue weighted by atomic mass is 10.3. The van der Waals surface area contributed by atoms with Gasteiger partial charge in [0.05, 0.1) is 17.7 Å². The van der Waals surface area contributed by atoms with Crippen LogP contribution >= 0.6 is 27.3 Å². The first kappa shape index (κ1) is 13.2. The summed E-state index contributed by atoms with van der Waals surface area (Å²) in [4.78, 5) is 29.5. The van der Waals surface area contributed by atoms with E-state index in [2.05, 4.69) is 20.9 Å². The van der Waals surface area contributed by atoms with Crippen LogP contribution in [0, 0.1) is 0 Å². The first-order valence-corrected chi connectivity index (χ1v) is 7.04. The van der Waals surface area contributed by atoms with Crippen LogP contribution in [-0.4, -0.2) is 15.3 Å². The van der Waals surface area contributed by atoms with E-state index >= 15 is 0 Å². The standard InChI is InChI=1S/C12H11BrN2O2S/c1-2-8-3-4-11(18-8)10(16)6-15-7-14-5-9(13)12(15)17/h3-5,7H,2,6H2,1H3. The second kappa shape index (κ2) is 5.58. The van der Waals surface area contributed by atoms with Gasteiger partial charge in [0.2, 0.25) is 0 Å². The lowest BCUT2D eigenvalue weighted by Gasteiger charge is -2.02. The average Bonchev–Trinajstić information content (AvgIpc) is 2.83. The molecule has 2 aromatic rings. The zero-order valence-electron chi connectivity index (χ0n) is 9.72. The van der Waals surface area contributed by atoms with Gasteiger partial charge >= 0.3 is 0 Å². The molecule has 0 spiro atoms. The minimum Gasteiger partial charge on any atom is -0.291 e. The van der Waals surface area contributed by atoms with Gasteiger partial charge in [0.25, 0.3) is 5.56 Å². The van der Waals surface area contributed by atoms with Crippen molar-refractivity contribution in [3.63, 3.8) is 0 Å². The largest absolute Gasteiger partial charge is 0.291 e. The Morgan fingerprint density at radius 2 is 2.28 bits per heavy atom. The maximum absolute atomic E-state index is 12.0. The van der Waals surface area contributed by atoms with E-state index in [1.165, 1.54) is 28.4 Å². The molecule has 94 valence electrons. The third kappa shape index (κ3) is 2.76. The van der Waals surface area contributed by atoms with Crippen molar-refractivity contribution < 1.29 is 4.79 Å². The maximum atomic E-state index is 12.0. The number of thiophene rings is 1. The Bertz CT molecular complexity index is 633. The molecule has 6 heteroatoms. The smallest absolute Gasteiger partial charge is 0.268 e. The number of aromatic nitrogens is 2. The Morgan fingerprint density at radius 3 is 2.94 bits per heavy atom. The zero-order chi connectivity index (χ0) is 13.1. The van der Waals surface area contributed by atoms with Gasteiger partial charge in [-0.05, 0) is 34.5 Å². The molecule has 0 radical (unpaired) electrons. The molecule has 0 unspecified atom stereocenters. The second-order valence-electron chi connectivity index (χ2n) is 3.72. The van der Waals surface area contributed by atoms with Crippen LogP contribution in [0.2, 0.25) is 0 Å². The first-order valence-electron chi connectivity index (χ1n) is 5.43. The summed E-state index contributed by atoms with van der Waals surface area (Å²) in [6, 6.07) is 3.75. The van der Waals surface area contributed by atoms with Crippen molar-refractivity contribution in [2.45, 2.75) is 19.9 Å². The van der Waals surface area contributed by atoms with Crippen LogP contribution in [0.1, 0.15) is 21.5 Å². The van der Waals surface area contributed by atoms with Crippen molar-refractivity contribution >= 4 is 33.0 Å². The number of ketones is 1. The van der Waals surface area contributed by atoms with E-state index in [1.807, 2.05) is 19.1 Å². The fourth-order valence-corrected chi connectivity index (χ4v) is 2.71. The van der Waals surface area contributed by atoms with Crippen LogP contribution < -0.4 is 5.56 Å². The Labute approximate surface area is 116 Å². The van der Waals surface area contributed by atoms with Crippen LogP contribution in [0.25, 0.3) is 0 Å². The molecular formula is C12H11BrN2O2S. The summed E-state index contributed by atoms with van der Waals surface area (Å²) in [7, 11) is 0. The van der Waals surface area contributed by atoms with Crippen molar-refractivity contribution in [1.82, 2.24) is 9.55 Å². The van der Waals surface area contributed by atoms with Crippen LogP contribution in [0.5, 0.6) is 0 Å². The van der Waals surface area contributed by atoms with Crippen LogP contribution in [0.4, 0.5) is 0 Å². The van der Waals surface area contributed by atoms with Gasteiger partial charge in [0.1, 0.15) is 4.47 Å². The van der Waals surface area contributed by atoms with Crippen LogP contribution in [-0.2, 0) is 13.0 Å². The van der Waals surface area contributed by atoms with Gasteiger partial charge in [-0.1, -0.05) is 6.92 Å². The third-order valence-corrected chi connectivity index (χ3v) is 4.27. The van der Waals surface area contributed by atoms with E-state index < -0.39 is 0 Å². The quantitative estimate of drug-likeness (QED) is 0.811. The molecule has 2 aromatic heterocycles. The predicted molar refractivity (Wildman–Crippen MR) is 74.2 cm³/mol. The van der Waals surface area contributed by atoms with Gasteiger partial charge in [-0.15, -0.1) is 11.3 Å². The van der Waals surface area contributed by atoms with Crippen molar-refractivity contribution in [3.05, 3.63) is 49.2 Å². The minimum absolute atomic E-state index is 0.0228. The predicted octanol–water partition coefficient (Wildman–Crippen LogP) is 2.51. The summed E-state index contributed by atoms with van der Waals surface area (Å²) >= 11 is 4.58. The van der Waals surface area contributed by atoms with E-state index in [4.69, 9.17) is 0 Å². The minimum atomic E-state index is -0.245. The number of carbonyl (C=O) groups excluding carboxylic acids is 1. The van der Waals surface area contributed by atoms with Crippen molar-refractivity contribution in [2.24, 2.45) is 0 Å². The molecule has 0 amide bonds. The normalized spacial score (nSPS) is 10.6. The third-order valence-electron chi connectivity index (χ3n) is 2.46. The summed E-state index contributed by atoms with van der Waals surface area (Å²) in [6.45, 7) is 2.07. The number of carbonyl (C=O) groups is 1. The topological polar surface area (TPSA) is 52.0 Å². The molecule has 0 aromatic carbocycles. The molecule has 0 aliphatic carbocycles. The molecule has 4 nitrogen and oxygen atoms in total. The number of rotatable bonds is 4. The SMILES string of the molecule is CCc1ccc(C(=O)Cn2cncc(Br)c2=O)s1. The second-order valence-corrected chi connectivity index (χ2v) is 5.74. The summed E-state index contributed by atoms with van der Waals surface area (Å²) < 4.78 is 1.66. The van der Waals surface area contributed by atoms with Crippen LogP contribution in [0.3, 0.4) is 0 Å². The van der Waals surface area contributed by atoms with E-state index in [0.717, 1.165) is 11.3 Å². The summed E-state index contributed by atoms with van der Waals surface area (Å²) in [6.07, 6.45) is 3.71. The Balaban J connectivity index is 2.21. The van der Waals surface area contributed by atoms with Gasteiger partial charge in [0, 0.05) is 11.1 Å². The van der Waals surface area contributed by atoms with Gasteiger partial charge in [-0.3, -0.25) is 14.2 Å². The number of nitrogens with zero attached hydrogens (tertiary/aromatic N) is 2. The highest BCUT2D eigenvalue weighted by atomic mass is 79.9. The summed E-state index contributed by atoms with van der Waals surface area (Å²) in [5.74, 6) is -0.0679. The molecule has 0 aliphatic heterocycles. The Hall–Kier alpha value is -1.27. The molecule has 2 heterocycles. The molecule has 0 N–H and O–H groups in total. The molecule has 0 fully saturated rings. The van der Waals surface area contributed by atoms with Crippen LogP contribution in [0.15, 0.2) is 33.9 Å². The lowest BCUT2D eigenvalue weighted by molar-refractivity contribution is 0.0974. The van der Waals surface area contributed by atoms with Crippen molar-refractivity contribution in [2.75, 3.05) is 0 Å². The molecule has 0 aliphatic rings. The highest BCUT2D eigenvalue weighted by Gasteiger charge is 2.11. The average molecular weight is 327 g/mol. The Morgan fingerprint density at radius 1 is 1.50 bits per heavy atom. The molecule has 0 bridgehead atoms. The zero-order valence-corrected chi connectivity index (χ0v) is 12.1. The molecule has 0 saturated carbocycles. The van der Waals surface area contributed by atoms with E-state index in [-0.39, 0.29) is 17.9 Å². The summed E-state index contributed by atoms with van der Waals surface area (Å²) in [5, 5.41) is 0. The number of Topliss-reactive ketones (excluding diaryl/α,β-unsaturated/α-hetero) is 1. The molecule has 0 atom stereocenters. The highest BCUT2D eigenvalue weighted by Crippen LogP contribution is 2.17. The number of halogens is 1. The molecular weight excluding hydrogens is 316 g/mol. The molecule has 2 rings (SSSR count). The summed E-state index contributed by atoms with van der Waals surface area (Å²) in [5.41, 5.74) is -0.245.